The van der Waals surface area contributed by atoms with Crippen molar-refractivity contribution in [1.82, 2.24) is 14.8 Å². The standard InChI is InChI=1S/C26H26FN3O3/c1-2-29-14-15-30(26(33)24-23(31)8-5-13-28-24)17-20(25(29)32)16-18-9-11-19(12-10-18)21-6-3-4-7-22(21)27/h3-13,20,31H,2,14-17H2,1H3/t20-/m0/s1. The Balaban J connectivity index is 1.55. The summed E-state index contributed by atoms with van der Waals surface area (Å²) < 4.78 is 14.1. The van der Waals surface area contributed by atoms with Crippen LogP contribution in [-0.2, 0) is 11.2 Å². The molecule has 3 aromatic rings. The average Bonchev–Trinajstić information content (AvgIpc) is 2.98. The zero-order valence-corrected chi connectivity index (χ0v) is 18.4. The van der Waals surface area contributed by atoms with Crippen molar-refractivity contribution in [3.8, 4) is 16.9 Å². The highest BCUT2D eigenvalue weighted by atomic mass is 19.1. The summed E-state index contributed by atoms with van der Waals surface area (Å²) in [6.45, 7) is 3.51. The van der Waals surface area contributed by atoms with Crippen LogP contribution in [-0.4, -0.2) is 57.9 Å². The smallest absolute Gasteiger partial charge is 0.276 e. The van der Waals surface area contributed by atoms with Gasteiger partial charge in [-0.3, -0.25) is 9.59 Å². The fraction of sp³-hybridized carbons (Fsp3) is 0.269. The Morgan fingerprint density at radius 3 is 2.55 bits per heavy atom. The van der Waals surface area contributed by atoms with Gasteiger partial charge >= 0.3 is 0 Å². The Kier molecular flexibility index (Phi) is 6.68. The second-order valence-corrected chi connectivity index (χ2v) is 8.12. The maximum atomic E-state index is 14.1. The lowest BCUT2D eigenvalue weighted by atomic mass is 9.95. The number of carbonyl (C=O) groups excluding carboxylic acids is 2. The number of rotatable bonds is 5. The molecule has 0 bridgehead atoms. The first-order valence-corrected chi connectivity index (χ1v) is 11.0. The Morgan fingerprint density at radius 2 is 1.85 bits per heavy atom. The van der Waals surface area contributed by atoms with Gasteiger partial charge in [0.2, 0.25) is 5.91 Å². The maximum absolute atomic E-state index is 14.1. The van der Waals surface area contributed by atoms with Gasteiger partial charge in [0.05, 0.1) is 5.92 Å². The molecule has 2 amide bonds. The topological polar surface area (TPSA) is 73.7 Å². The highest BCUT2D eigenvalue weighted by Gasteiger charge is 2.33. The van der Waals surface area contributed by atoms with Gasteiger partial charge in [0.1, 0.15) is 11.6 Å². The van der Waals surface area contributed by atoms with E-state index in [1.54, 1.807) is 34.1 Å². The van der Waals surface area contributed by atoms with Crippen LogP contribution in [0.4, 0.5) is 4.39 Å². The number of aromatic hydroxyl groups is 1. The van der Waals surface area contributed by atoms with Crippen molar-refractivity contribution in [2.24, 2.45) is 5.92 Å². The van der Waals surface area contributed by atoms with Crippen LogP contribution in [0.3, 0.4) is 0 Å². The summed E-state index contributed by atoms with van der Waals surface area (Å²) in [6.07, 6.45) is 1.91. The van der Waals surface area contributed by atoms with Crippen molar-refractivity contribution >= 4 is 11.8 Å². The zero-order valence-electron chi connectivity index (χ0n) is 18.4. The lowest BCUT2D eigenvalue weighted by Gasteiger charge is -2.23. The van der Waals surface area contributed by atoms with Crippen LogP contribution in [0.5, 0.6) is 5.75 Å². The van der Waals surface area contributed by atoms with Gasteiger partial charge in [-0.15, -0.1) is 0 Å². The van der Waals surface area contributed by atoms with Gasteiger partial charge in [-0.25, -0.2) is 9.37 Å². The Bertz CT molecular complexity index is 1150. The highest BCUT2D eigenvalue weighted by Crippen LogP contribution is 2.25. The fourth-order valence-electron chi connectivity index (χ4n) is 4.21. The number of hydrogen-bond donors (Lipinski definition) is 1. The molecule has 1 atom stereocenters. The van der Waals surface area contributed by atoms with Gasteiger partial charge < -0.3 is 14.9 Å². The summed E-state index contributed by atoms with van der Waals surface area (Å²) in [5.41, 5.74) is 2.21. The number of amides is 2. The monoisotopic (exact) mass is 447 g/mol. The molecular weight excluding hydrogens is 421 g/mol. The van der Waals surface area contributed by atoms with Crippen LogP contribution in [0, 0.1) is 11.7 Å². The number of carbonyl (C=O) groups is 2. The van der Waals surface area contributed by atoms with Crippen molar-refractivity contribution in [2.75, 3.05) is 26.2 Å². The molecule has 2 heterocycles. The van der Waals surface area contributed by atoms with E-state index in [-0.39, 0.29) is 29.7 Å². The van der Waals surface area contributed by atoms with E-state index in [0.717, 1.165) is 11.1 Å². The highest BCUT2D eigenvalue weighted by molar-refractivity contribution is 5.95. The van der Waals surface area contributed by atoms with E-state index in [9.17, 15) is 19.1 Å². The zero-order chi connectivity index (χ0) is 23.4. The molecule has 2 aromatic carbocycles. The minimum absolute atomic E-state index is 0.00350. The summed E-state index contributed by atoms with van der Waals surface area (Å²) in [7, 11) is 0. The minimum Gasteiger partial charge on any atom is -0.505 e. The van der Waals surface area contributed by atoms with Crippen LogP contribution >= 0.6 is 0 Å². The first-order valence-electron chi connectivity index (χ1n) is 11.0. The van der Waals surface area contributed by atoms with Gasteiger partial charge in [0.25, 0.3) is 5.91 Å². The maximum Gasteiger partial charge on any atom is 0.276 e. The van der Waals surface area contributed by atoms with Crippen molar-refractivity contribution < 1.29 is 19.1 Å². The molecule has 1 aromatic heterocycles. The van der Waals surface area contributed by atoms with Crippen LogP contribution in [0.2, 0.25) is 0 Å². The van der Waals surface area contributed by atoms with Crippen molar-refractivity contribution in [3.63, 3.8) is 0 Å². The number of aromatic nitrogens is 1. The molecule has 1 N–H and O–H groups in total. The molecule has 0 spiro atoms. The van der Waals surface area contributed by atoms with Gasteiger partial charge in [0.15, 0.2) is 5.69 Å². The van der Waals surface area contributed by atoms with E-state index in [0.29, 0.717) is 31.6 Å². The SMILES string of the molecule is CCN1CCN(C(=O)c2ncccc2O)C[C@H](Cc2ccc(-c3ccccc3F)cc2)C1=O. The molecule has 1 fully saturated rings. The summed E-state index contributed by atoms with van der Waals surface area (Å²) in [5, 5.41) is 10.1. The van der Waals surface area contributed by atoms with E-state index in [2.05, 4.69) is 4.98 Å². The first-order chi connectivity index (χ1) is 16.0. The lowest BCUT2D eigenvalue weighted by Crippen LogP contribution is -2.38. The van der Waals surface area contributed by atoms with Crippen molar-refractivity contribution in [1.29, 1.82) is 0 Å². The quantitative estimate of drug-likeness (QED) is 0.647. The summed E-state index contributed by atoms with van der Waals surface area (Å²) in [6, 6.07) is 17.1. The van der Waals surface area contributed by atoms with E-state index >= 15 is 0 Å². The van der Waals surface area contributed by atoms with Gasteiger partial charge in [-0.2, -0.15) is 0 Å². The predicted octanol–water partition coefficient (Wildman–Crippen LogP) is 3.76. The summed E-state index contributed by atoms with van der Waals surface area (Å²) >= 11 is 0. The molecular formula is C26H26FN3O3. The van der Waals surface area contributed by atoms with Crippen molar-refractivity contribution in [3.05, 3.63) is 83.9 Å². The third-order valence-electron chi connectivity index (χ3n) is 6.02. The Morgan fingerprint density at radius 1 is 1.09 bits per heavy atom. The number of benzene rings is 2. The molecule has 170 valence electrons. The molecule has 0 radical (unpaired) electrons. The van der Waals surface area contributed by atoms with Gasteiger partial charge in [-0.1, -0.05) is 42.5 Å². The molecule has 0 aliphatic carbocycles. The fourth-order valence-corrected chi connectivity index (χ4v) is 4.21. The third-order valence-corrected chi connectivity index (χ3v) is 6.02. The van der Waals surface area contributed by atoms with E-state index in [1.807, 2.05) is 31.2 Å². The normalized spacial score (nSPS) is 16.5. The number of pyridine rings is 1. The molecule has 33 heavy (non-hydrogen) atoms. The van der Waals surface area contributed by atoms with Crippen LogP contribution in [0.25, 0.3) is 11.1 Å². The second kappa shape index (κ2) is 9.81. The first kappa shape index (κ1) is 22.5. The molecule has 4 rings (SSSR count). The molecule has 0 unspecified atom stereocenters. The van der Waals surface area contributed by atoms with Gasteiger partial charge in [0, 0.05) is 37.9 Å². The number of nitrogens with zero attached hydrogens (tertiary/aromatic N) is 3. The second-order valence-electron chi connectivity index (χ2n) is 8.12. The molecule has 1 aliphatic rings. The molecule has 0 saturated carbocycles. The van der Waals surface area contributed by atoms with E-state index in [1.165, 1.54) is 18.3 Å². The van der Waals surface area contributed by atoms with Crippen LogP contribution < -0.4 is 0 Å². The molecule has 7 heteroatoms. The largest absolute Gasteiger partial charge is 0.505 e. The van der Waals surface area contributed by atoms with Crippen LogP contribution in [0.1, 0.15) is 23.0 Å². The predicted molar refractivity (Wildman–Crippen MR) is 123 cm³/mol. The lowest BCUT2D eigenvalue weighted by molar-refractivity contribution is -0.134. The summed E-state index contributed by atoms with van der Waals surface area (Å²) in [5.74, 6) is -1.28. The van der Waals surface area contributed by atoms with E-state index in [4.69, 9.17) is 0 Å². The Labute approximate surface area is 192 Å². The number of hydrogen-bond acceptors (Lipinski definition) is 4. The molecule has 6 nitrogen and oxygen atoms in total. The molecule has 1 saturated heterocycles. The number of halogens is 1. The van der Waals surface area contributed by atoms with Crippen molar-refractivity contribution in [2.45, 2.75) is 13.3 Å². The summed E-state index contributed by atoms with van der Waals surface area (Å²) in [4.78, 5) is 33.6. The van der Waals surface area contributed by atoms with Gasteiger partial charge in [-0.05, 0) is 42.7 Å². The van der Waals surface area contributed by atoms with E-state index < -0.39 is 11.8 Å². The van der Waals surface area contributed by atoms with Crippen LogP contribution in [0.15, 0.2) is 66.9 Å². The number of likely N-dealkylation sites (N-methyl/N-ethyl adjacent to an activating group) is 1. The minimum atomic E-state index is -0.429. The Hall–Kier alpha value is -3.74. The average molecular weight is 448 g/mol. The molecule has 1 aliphatic heterocycles. The third kappa shape index (κ3) is 4.87.